The number of fused-ring (bicyclic) bond motifs is 2. The lowest BCUT2D eigenvalue weighted by Gasteiger charge is -2.32. The predicted octanol–water partition coefficient (Wildman–Crippen LogP) is 2.24. The molecule has 2 aromatic carbocycles. The minimum atomic E-state index is -0.249. The summed E-state index contributed by atoms with van der Waals surface area (Å²) in [6.45, 7) is 6.71. The Morgan fingerprint density at radius 1 is 1.03 bits per heavy atom. The predicted molar refractivity (Wildman–Crippen MR) is 125 cm³/mol. The highest BCUT2D eigenvalue weighted by atomic mass is 16.3. The van der Waals surface area contributed by atoms with Crippen molar-refractivity contribution >= 4 is 28.5 Å². The number of aromatic hydroxyl groups is 1. The van der Waals surface area contributed by atoms with E-state index in [0.717, 1.165) is 42.7 Å². The van der Waals surface area contributed by atoms with Gasteiger partial charge in [0.2, 0.25) is 0 Å². The third-order valence-corrected chi connectivity index (χ3v) is 6.51. The van der Waals surface area contributed by atoms with Gasteiger partial charge in [0, 0.05) is 62.8 Å². The van der Waals surface area contributed by atoms with Gasteiger partial charge < -0.3 is 25.1 Å². The minimum absolute atomic E-state index is 0.0367. The highest BCUT2D eigenvalue weighted by molar-refractivity contribution is 6.03. The van der Waals surface area contributed by atoms with Crippen LogP contribution in [0.4, 0.5) is 5.82 Å². The lowest BCUT2D eigenvalue weighted by Crippen LogP contribution is -2.47. The molecule has 1 saturated heterocycles. The summed E-state index contributed by atoms with van der Waals surface area (Å²) in [5.41, 5.74) is 3.56. The van der Waals surface area contributed by atoms with Crippen molar-refractivity contribution in [1.29, 1.82) is 0 Å². The van der Waals surface area contributed by atoms with Gasteiger partial charge in [-0.05, 0) is 43.3 Å². The number of benzene rings is 2. The molecule has 1 fully saturated rings. The zero-order valence-corrected chi connectivity index (χ0v) is 18.9. The van der Waals surface area contributed by atoms with E-state index in [-0.39, 0.29) is 23.1 Å². The monoisotopic (exact) mass is 448 g/mol. The lowest BCUT2D eigenvalue weighted by atomic mass is 10.1. The molecule has 172 valence electrons. The van der Waals surface area contributed by atoms with Crippen molar-refractivity contribution < 1.29 is 14.7 Å². The first-order chi connectivity index (χ1) is 15.9. The van der Waals surface area contributed by atoms with E-state index >= 15 is 0 Å². The summed E-state index contributed by atoms with van der Waals surface area (Å²) in [7, 11) is 2.06. The Bertz CT molecular complexity index is 1230. The zero-order chi connectivity index (χ0) is 23.1. The number of carbonyl (C=O) groups excluding carboxylic acids is 2. The normalized spacial score (nSPS) is 16.3. The molecule has 0 atom stereocenters. The molecule has 2 aliphatic heterocycles. The molecule has 3 aromatic rings. The number of carbonyl (C=O) groups is 2. The molecule has 0 aliphatic carbocycles. The molecule has 3 N–H and O–H groups in total. The van der Waals surface area contributed by atoms with Gasteiger partial charge in [-0.2, -0.15) is 5.10 Å². The van der Waals surface area contributed by atoms with Crippen LogP contribution in [0.5, 0.6) is 5.75 Å². The summed E-state index contributed by atoms with van der Waals surface area (Å²) >= 11 is 0. The van der Waals surface area contributed by atoms with Crippen molar-refractivity contribution in [3.8, 4) is 5.75 Å². The van der Waals surface area contributed by atoms with E-state index < -0.39 is 0 Å². The van der Waals surface area contributed by atoms with Gasteiger partial charge in [-0.25, -0.2) is 0 Å². The fourth-order valence-corrected chi connectivity index (χ4v) is 4.56. The standard InChI is InChI=1S/C24H28N6O3/c1-3-25-22-18-11-19(21(31)12-20(18)26-27-22)24(33)30-13-16-5-4-15(10-17(16)14-30)23(32)29-8-6-28(2)7-9-29/h4-5,10-12,31H,3,6-9,13-14H2,1-2H3,(H2,25,26,27). The molecule has 9 nitrogen and oxygen atoms in total. The van der Waals surface area contributed by atoms with E-state index in [1.807, 2.05) is 30.0 Å². The van der Waals surface area contributed by atoms with E-state index in [4.69, 9.17) is 0 Å². The minimum Gasteiger partial charge on any atom is -0.507 e. The molecule has 5 rings (SSSR count). The van der Waals surface area contributed by atoms with Crippen LogP contribution in [0.25, 0.3) is 10.9 Å². The number of aromatic nitrogens is 2. The number of nitrogens with one attached hydrogen (secondary N) is 2. The summed E-state index contributed by atoms with van der Waals surface area (Å²) in [6, 6.07) is 8.91. The second-order valence-corrected chi connectivity index (χ2v) is 8.76. The number of anilines is 1. The van der Waals surface area contributed by atoms with Gasteiger partial charge in [0.15, 0.2) is 5.82 Å². The number of likely N-dealkylation sites (N-methyl/N-ethyl adjacent to an activating group) is 1. The first-order valence-electron chi connectivity index (χ1n) is 11.3. The molecule has 0 saturated carbocycles. The lowest BCUT2D eigenvalue weighted by molar-refractivity contribution is 0.0663. The Labute approximate surface area is 192 Å². The van der Waals surface area contributed by atoms with Crippen LogP contribution in [0.1, 0.15) is 38.8 Å². The van der Waals surface area contributed by atoms with Crippen molar-refractivity contribution in [2.45, 2.75) is 20.0 Å². The Hall–Kier alpha value is -3.59. The highest BCUT2D eigenvalue weighted by Gasteiger charge is 2.28. The third-order valence-electron chi connectivity index (χ3n) is 6.51. The van der Waals surface area contributed by atoms with Crippen LogP contribution in [0, 0.1) is 0 Å². The maximum atomic E-state index is 13.3. The van der Waals surface area contributed by atoms with E-state index in [0.29, 0.717) is 36.5 Å². The number of aromatic amines is 1. The molecule has 2 aliphatic rings. The molecule has 0 bridgehead atoms. The largest absolute Gasteiger partial charge is 0.507 e. The number of phenols is 1. The summed E-state index contributed by atoms with van der Waals surface area (Å²) in [5.74, 6) is 0.357. The fourth-order valence-electron chi connectivity index (χ4n) is 4.56. The maximum Gasteiger partial charge on any atom is 0.258 e. The zero-order valence-electron chi connectivity index (χ0n) is 18.9. The fraction of sp³-hybridized carbons (Fsp3) is 0.375. The average Bonchev–Trinajstić information content (AvgIpc) is 3.41. The molecule has 1 aromatic heterocycles. The topological polar surface area (TPSA) is 105 Å². The van der Waals surface area contributed by atoms with Crippen molar-refractivity contribution in [1.82, 2.24) is 24.9 Å². The quantitative estimate of drug-likeness (QED) is 0.566. The molecule has 0 spiro atoms. The van der Waals surface area contributed by atoms with Crippen LogP contribution < -0.4 is 5.32 Å². The van der Waals surface area contributed by atoms with Crippen LogP contribution in [0.15, 0.2) is 30.3 Å². The van der Waals surface area contributed by atoms with Crippen LogP contribution in [0.3, 0.4) is 0 Å². The highest BCUT2D eigenvalue weighted by Crippen LogP contribution is 2.32. The van der Waals surface area contributed by atoms with E-state index in [9.17, 15) is 14.7 Å². The molecular weight excluding hydrogens is 420 g/mol. The van der Waals surface area contributed by atoms with E-state index in [2.05, 4.69) is 27.5 Å². The first kappa shape index (κ1) is 21.3. The second kappa shape index (κ2) is 8.40. The van der Waals surface area contributed by atoms with Crippen molar-refractivity contribution in [2.75, 3.05) is 45.1 Å². The van der Waals surface area contributed by atoms with E-state index in [1.54, 1.807) is 11.0 Å². The molecule has 0 radical (unpaired) electrons. The SMILES string of the molecule is CCNc1n[nH]c2cc(O)c(C(=O)N3Cc4ccc(C(=O)N5CCN(C)CC5)cc4C3)cc12. The summed E-state index contributed by atoms with van der Waals surface area (Å²) < 4.78 is 0. The van der Waals surface area contributed by atoms with Gasteiger partial charge >= 0.3 is 0 Å². The van der Waals surface area contributed by atoms with E-state index in [1.165, 1.54) is 6.07 Å². The Balaban J connectivity index is 1.35. The number of hydrogen-bond acceptors (Lipinski definition) is 6. The van der Waals surface area contributed by atoms with Gasteiger partial charge in [0.1, 0.15) is 5.75 Å². The van der Waals surface area contributed by atoms with Crippen LogP contribution in [0.2, 0.25) is 0 Å². The number of nitrogens with zero attached hydrogens (tertiary/aromatic N) is 4. The number of hydrogen-bond donors (Lipinski definition) is 3. The van der Waals surface area contributed by atoms with Crippen LogP contribution in [-0.2, 0) is 13.1 Å². The number of rotatable bonds is 4. The molecule has 33 heavy (non-hydrogen) atoms. The number of amides is 2. The van der Waals surface area contributed by atoms with Crippen LogP contribution >= 0.6 is 0 Å². The average molecular weight is 449 g/mol. The Morgan fingerprint density at radius 3 is 2.55 bits per heavy atom. The molecule has 3 heterocycles. The molecule has 2 amide bonds. The molecular formula is C24H28N6O3. The number of phenolic OH excluding ortho intramolecular Hbond substituents is 1. The summed E-state index contributed by atoms with van der Waals surface area (Å²) in [5, 5.41) is 21.5. The number of piperazine rings is 1. The van der Waals surface area contributed by atoms with Gasteiger partial charge in [0.25, 0.3) is 11.8 Å². The van der Waals surface area contributed by atoms with Crippen molar-refractivity contribution in [3.63, 3.8) is 0 Å². The van der Waals surface area contributed by atoms with Gasteiger partial charge in [0.05, 0.1) is 11.1 Å². The van der Waals surface area contributed by atoms with Crippen LogP contribution in [-0.4, -0.2) is 81.6 Å². The second-order valence-electron chi connectivity index (χ2n) is 8.76. The molecule has 0 unspecified atom stereocenters. The molecule has 9 heteroatoms. The Morgan fingerprint density at radius 2 is 1.79 bits per heavy atom. The smallest absolute Gasteiger partial charge is 0.258 e. The van der Waals surface area contributed by atoms with Gasteiger partial charge in [-0.1, -0.05) is 6.07 Å². The summed E-state index contributed by atoms with van der Waals surface area (Å²) in [4.78, 5) is 32.1. The van der Waals surface area contributed by atoms with Crippen molar-refractivity contribution in [3.05, 3.63) is 52.6 Å². The first-order valence-corrected chi connectivity index (χ1v) is 11.3. The summed E-state index contributed by atoms with van der Waals surface area (Å²) in [6.07, 6.45) is 0. The third kappa shape index (κ3) is 3.89. The Kier molecular flexibility index (Phi) is 5.41. The van der Waals surface area contributed by atoms with Crippen molar-refractivity contribution in [2.24, 2.45) is 0 Å². The van der Waals surface area contributed by atoms with Gasteiger partial charge in [-0.15, -0.1) is 0 Å². The van der Waals surface area contributed by atoms with Gasteiger partial charge in [-0.3, -0.25) is 14.7 Å². The maximum absolute atomic E-state index is 13.3. The number of H-pyrrole nitrogens is 1.